The van der Waals surface area contributed by atoms with E-state index in [1.807, 2.05) is 6.92 Å². The van der Waals surface area contributed by atoms with Gasteiger partial charge in [-0.15, -0.1) is 5.10 Å². The van der Waals surface area contributed by atoms with Crippen LogP contribution in [-0.2, 0) is 41.7 Å². The van der Waals surface area contributed by atoms with Gasteiger partial charge in [0.05, 0.1) is 36.4 Å². The molecule has 2 heterocycles. The Balaban J connectivity index is 1.54. The van der Waals surface area contributed by atoms with E-state index in [0.29, 0.717) is 43.8 Å². The molecule has 51 heavy (non-hydrogen) atoms. The molecule has 0 unspecified atom stereocenters. The lowest BCUT2D eigenvalue weighted by molar-refractivity contribution is -0.145. The van der Waals surface area contributed by atoms with Crippen molar-refractivity contribution in [2.24, 2.45) is 18.9 Å². The van der Waals surface area contributed by atoms with Gasteiger partial charge < -0.3 is 14.5 Å². The fourth-order valence-electron chi connectivity index (χ4n) is 7.27. The minimum Gasteiger partial charge on any atom is -0.466 e. The Labute approximate surface area is 288 Å². The molecule has 5 rings (SSSR count). The summed E-state index contributed by atoms with van der Waals surface area (Å²) in [6.07, 6.45) is -10.7. The number of alkyl halides is 9. The van der Waals surface area contributed by atoms with Crippen molar-refractivity contribution < 1.29 is 49.0 Å². The van der Waals surface area contributed by atoms with Crippen molar-refractivity contribution in [1.82, 2.24) is 20.2 Å². The second-order valence-electron chi connectivity index (χ2n) is 13.3. The lowest BCUT2D eigenvalue weighted by Crippen LogP contribution is -2.47. The molecule has 1 saturated carbocycles. The number of halogens is 9. The number of nitrogens with zero attached hydrogens (tertiary/aromatic N) is 6. The highest BCUT2D eigenvalue weighted by atomic mass is 19.4. The largest absolute Gasteiger partial charge is 0.466 e. The number of tetrazole rings is 1. The number of carbonyl (C=O) groups is 1. The van der Waals surface area contributed by atoms with E-state index in [1.54, 1.807) is 6.92 Å². The molecule has 0 bridgehead atoms. The molecular weight excluding hydrogens is 695 g/mol. The zero-order valence-corrected chi connectivity index (χ0v) is 28.2. The van der Waals surface area contributed by atoms with Gasteiger partial charge in [0.25, 0.3) is 5.95 Å². The summed E-state index contributed by atoms with van der Waals surface area (Å²) < 4.78 is 130. The van der Waals surface area contributed by atoms with Gasteiger partial charge in [0.1, 0.15) is 0 Å². The van der Waals surface area contributed by atoms with Crippen molar-refractivity contribution in [3.05, 3.63) is 64.2 Å². The second-order valence-corrected chi connectivity index (χ2v) is 13.3. The first kappa shape index (κ1) is 38.2. The van der Waals surface area contributed by atoms with E-state index in [0.717, 1.165) is 42.6 Å². The lowest BCUT2D eigenvalue weighted by atomic mass is 9.79. The van der Waals surface area contributed by atoms with Crippen LogP contribution in [0, 0.1) is 11.8 Å². The van der Waals surface area contributed by atoms with Crippen LogP contribution in [0.2, 0.25) is 0 Å². The standard InChI is InChI=1S/C34H39F9N6O2/c1-4-26-17-29(49(31-44-46-47(3)45-31)19-22-12-24(33(38,39)40)15-25(13-22)34(41,42)43)27-16-23(32(35,36)37)10-11-28(27)48(26)18-21-8-6-20(7-9-21)14-30(50)51-5-2/h10-13,15-16,20-21,26,29H,4-9,14,17-19H2,1-3H3/t20?,21?,26-,29+/m1/s1. The number of benzene rings is 2. The van der Waals surface area contributed by atoms with Gasteiger partial charge >= 0.3 is 24.5 Å². The third-order valence-electron chi connectivity index (χ3n) is 9.74. The summed E-state index contributed by atoms with van der Waals surface area (Å²) in [6.45, 7) is 3.89. The maximum Gasteiger partial charge on any atom is 0.416 e. The van der Waals surface area contributed by atoms with Crippen LogP contribution in [0.4, 0.5) is 51.1 Å². The van der Waals surface area contributed by atoms with Gasteiger partial charge in [-0.3, -0.25) is 4.79 Å². The molecule has 0 radical (unpaired) electrons. The minimum absolute atomic E-state index is 0.0231. The third kappa shape index (κ3) is 9.07. The Morgan fingerprint density at radius 2 is 1.47 bits per heavy atom. The van der Waals surface area contributed by atoms with Crippen LogP contribution in [0.15, 0.2) is 36.4 Å². The molecule has 0 N–H and O–H groups in total. The number of hydrogen-bond acceptors (Lipinski definition) is 7. The molecule has 17 heteroatoms. The second kappa shape index (κ2) is 14.9. The average Bonchev–Trinajstić information content (AvgIpc) is 3.49. The van der Waals surface area contributed by atoms with Crippen LogP contribution in [0.1, 0.15) is 92.7 Å². The Morgan fingerprint density at radius 1 is 0.863 bits per heavy atom. The minimum atomic E-state index is -5.10. The van der Waals surface area contributed by atoms with Crippen LogP contribution in [-0.4, -0.2) is 45.4 Å². The van der Waals surface area contributed by atoms with Crippen molar-refractivity contribution in [1.29, 1.82) is 0 Å². The van der Waals surface area contributed by atoms with E-state index >= 15 is 0 Å². The zero-order chi connectivity index (χ0) is 37.3. The maximum absolute atomic E-state index is 14.1. The van der Waals surface area contributed by atoms with Crippen LogP contribution >= 0.6 is 0 Å². The van der Waals surface area contributed by atoms with Gasteiger partial charge in [0.2, 0.25) is 0 Å². The molecule has 1 aromatic heterocycles. The van der Waals surface area contributed by atoms with Crippen LogP contribution in [0.3, 0.4) is 0 Å². The molecule has 1 aliphatic heterocycles. The van der Waals surface area contributed by atoms with Gasteiger partial charge in [0.15, 0.2) is 0 Å². The Hall–Kier alpha value is -4.05. The number of esters is 1. The summed E-state index contributed by atoms with van der Waals surface area (Å²) in [6, 6.07) is 3.33. The van der Waals surface area contributed by atoms with E-state index in [4.69, 9.17) is 4.74 Å². The number of carbonyl (C=O) groups excluding carboxylic acids is 1. The van der Waals surface area contributed by atoms with E-state index in [2.05, 4.69) is 20.3 Å². The predicted octanol–water partition coefficient (Wildman–Crippen LogP) is 8.76. The van der Waals surface area contributed by atoms with Crippen molar-refractivity contribution in [3.8, 4) is 0 Å². The van der Waals surface area contributed by atoms with Crippen molar-refractivity contribution in [2.75, 3.05) is 23.0 Å². The number of aromatic nitrogens is 4. The highest BCUT2D eigenvalue weighted by molar-refractivity contribution is 5.69. The SMILES string of the molecule is CCOC(=O)CC1CCC(CN2c3ccc(C(F)(F)F)cc3[C@@H](N(Cc3cc(C(F)(F)F)cc(C(F)(F)F)c3)c3nnn(C)n3)C[C@H]2CC)CC1. The third-order valence-corrected chi connectivity index (χ3v) is 9.74. The molecule has 2 aliphatic rings. The molecule has 0 amide bonds. The van der Waals surface area contributed by atoms with Crippen molar-refractivity contribution >= 4 is 17.6 Å². The maximum atomic E-state index is 14.1. The number of hydrogen-bond donors (Lipinski definition) is 0. The molecule has 8 nitrogen and oxygen atoms in total. The topological polar surface area (TPSA) is 76.4 Å². The molecular formula is C34H39F9N6O2. The number of rotatable bonds is 10. The van der Waals surface area contributed by atoms with Gasteiger partial charge in [-0.2, -0.15) is 44.3 Å². The monoisotopic (exact) mass is 734 g/mol. The highest BCUT2D eigenvalue weighted by Crippen LogP contribution is 2.47. The molecule has 0 spiro atoms. The molecule has 2 aromatic carbocycles. The summed E-state index contributed by atoms with van der Waals surface area (Å²) in [5.41, 5.74) is -3.69. The number of ether oxygens (including phenoxy) is 1. The smallest absolute Gasteiger partial charge is 0.416 e. The Morgan fingerprint density at radius 3 is 2.00 bits per heavy atom. The normalized spacial score (nSPS) is 21.4. The summed E-state index contributed by atoms with van der Waals surface area (Å²) in [7, 11) is 1.41. The van der Waals surface area contributed by atoms with Crippen LogP contribution in [0.25, 0.3) is 0 Å². The van der Waals surface area contributed by atoms with Gasteiger partial charge in [-0.1, -0.05) is 12.0 Å². The summed E-state index contributed by atoms with van der Waals surface area (Å²) in [5, 5.41) is 12.0. The van der Waals surface area contributed by atoms with Crippen LogP contribution in [0.5, 0.6) is 0 Å². The molecule has 1 aliphatic carbocycles. The Kier molecular flexibility index (Phi) is 11.2. The molecule has 3 aromatic rings. The van der Waals surface area contributed by atoms with Crippen molar-refractivity contribution in [3.63, 3.8) is 0 Å². The van der Waals surface area contributed by atoms with Gasteiger partial charge in [0, 0.05) is 31.2 Å². The first-order valence-corrected chi connectivity index (χ1v) is 16.8. The highest BCUT2D eigenvalue weighted by Gasteiger charge is 2.42. The van der Waals surface area contributed by atoms with Gasteiger partial charge in [-0.25, -0.2) is 0 Å². The first-order valence-electron chi connectivity index (χ1n) is 16.8. The summed E-state index contributed by atoms with van der Waals surface area (Å²) in [4.78, 5) is 16.5. The molecule has 0 saturated heterocycles. The predicted molar refractivity (Wildman–Crippen MR) is 168 cm³/mol. The lowest BCUT2D eigenvalue weighted by Gasteiger charge is -2.47. The van der Waals surface area contributed by atoms with Gasteiger partial charge in [-0.05, 0) is 110 Å². The molecule has 1 fully saturated rings. The quantitative estimate of drug-likeness (QED) is 0.152. The van der Waals surface area contributed by atoms with E-state index < -0.39 is 47.8 Å². The molecule has 280 valence electrons. The summed E-state index contributed by atoms with van der Waals surface area (Å²) >= 11 is 0. The fraction of sp³-hybridized carbons (Fsp3) is 0.588. The van der Waals surface area contributed by atoms with E-state index in [-0.39, 0.29) is 53.4 Å². The Bertz CT molecular complexity index is 1630. The average molecular weight is 735 g/mol. The van der Waals surface area contributed by atoms with Crippen molar-refractivity contribution in [2.45, 2.75) is 96.0 Å². The number of anilines is 2. The zero-order valence-electron chi connectivity index (χ0n) is 28.2. The molecule has 2 atom stereocenters. The first-order chi connectivity index (χ1) is 23.9. The van der Waals surface area contributed by atoms with E-state index in [9.17, 15) is 44.3 Å². The fourth-order valence-corrected chi connectivity index (χ4v) is 7.27. The summed E-state index contributed by atoms with van der Waals surface area (Å²) in [5.74, 6) is -0.0605. The van der Waals surface area contributed by atoms with E-state index in [1.165, 1.54) is 18.0 Å². The number of aryl methyl sites for hydroxylation is 1. The van der Waals surface area contributed by atoms with Crippen LogP contribution < -0.4 is 9.80 Å². The number of fused-ring (bicyclic) bond motifs is 1.